The van der Waals surface area contributed by atoms with Crippen LogP contribution in [-0.4, -0.2) is 9.78 Å². The first-order valence-corrected chi connectivity index (χ1v) is 7.14. The van der Waals surface area contributed by atoms with Crippen molar-refractivity contribution in [3.63, 3.8) is 0 Å². The summed E-state index contributed by atoms with van der Waals surface area (Å²) in [5.41, 5.74) is 1.78. The Morgan fingerprint density at radius 2 is 1.89 bits per heavy atom. The van der Waals surface area contributed by atoms with Crippen molar-refractivity contribution in [1.29, 1.82) is 0 Å². The van der Waals surface area contributed by atoms with Gasteiger partial charge in [-0.2, -0.15) is 5.10 Å². The summed E-state index contributed by atoms with van der Waals surface area (Å²) in [5, 5.41) is 9.04. The van der Waals surface area contributed by atoms with E-state index in [-0.39, 0.29) is 0 Å². The van der Waals surface area contributed by atoms with Gasteiger partial charge in [-0.05, 0) is 24.6 Å². The van der Waals surface area contributed by atoms with Crippen molar-refractivity contribution in [1.82, 2.24) is 9.78 Å². The second kappa shape index (κ2) is 6.51. The van der Waals surface area contributed by atoms with E-state index in [0.717, 1.165) is 18.7 Å². The van der Waals surface area contributed by atoms with E-state index in [1.807, 2.05) is 10.7 Å². The maximum Gasteiger partial charge on any atom is 0.0723 e. The molecule has 0 aliphatic rings. The maximum absolute atomic E-state index is 6.12. The molecule has 0 saturated heterocycles. The Hall–Kier alpha value is -0.900. The van der Waals surface area contributed by atoms with Gasteiger partial charge in [0, 0.05) is 17.8 Å². The number of nitrogens with one attached hydrogen (secondary N) is 1. The van der Waals surface area contributed by atoms with E-state index in [0.29, 0.717) is 27.3 Å². The van der Waals surface area contributed by atoms with Gasteiger partial charge in [0.1, 0.15) is 0 Å². The molecule has 0 unspecified atom stereocenters. The third kappa shape index (κ3) is 3.56. The van der Waals surface area contributed by atoms with E-state index in [2.05, 4.69) is 17.3 Å². The number of halogens is 3. The van der Waals surface area contributed by atoms with E-state index in [1.165, 1.54) is 0 Å². The Balaban J connectivity index is 2.12. The van der Waals surface area contributed by atoms with Gasteiger partial charge in [0.05, 0.1) is 28.0 Å². The SMILES string of the molecule is CCCn1nccc1CNc1c(Cl)cc(Cl)cc1Cl. The third-order valence-corrected chi connectivity index (χ3v) is 3.51. The number of anilines is 1. The Kier molecular flexibility index (Phi) is 4.97. The summed E-state index contributed by atoms with van der Waals surface area (Å²) in [5.74, 6) is 0. The molecule has 1 heterocycles. The second-order valence-electron chi connectivity index (χ2n) is 4.14. The van der Waals surface area contributed by atoms with Gasteiger partial charge in [-0.15, -0.1) is 0 Å². The minimum absolute atomic E-state index is 0.513. The molecule has 0 atom stereocenters. The first kappa shape index (κ1) is 14.5. The largest absolute Gasteiger partial charge is 0.377 e. The molecule has 3 nitrogen and oxygen atoms in total. The topological polar surface area (TPSA) is 29.9 Å². The van der Waals surface area contributed by atoms with Crippen LogP contribution in [0.4, 0.5) is 5.69 Å². The lowest BCUT2D eigenvalue weighted by atomic mass is 10.3. The molecule has 0 spiro atoms. The van der Waals surface area contributed by atoms with Crippen molar-refractivity contribution in [2.45, 2.75) is 26.4 Å². The van der Waals surface area contributed by atoms with Crippen LogP contribution in [0.2, 0.25) is 15.1 Å². The summed E-state index contributed by atoms with van der Waals surface area (Å²) in [4.78, 5) is 0. The van der Waals surface area contributed by atoms with E-state index >= 15 is 0 Å². The van der Waals surface area contributed by atoms with Gasteiger partial charge in [-0.3, -0.25) is 4.68 Å². The fraction of sp³-hybridized carbons (Fsp3) is 0.308. The highest BCUT2D eigenvalue weighted by Gasteiger charge is 2.09. The quantitative estimate of drug-likeness (QED) is 0.852. The van der Waals surface area contributed by atoms with Crippen molar-refractivity contribution in [2.24, 2.45) is 0 Å². The molecule has 0 amide bonds. The normalized spacial score (nSPS) is 10.7. The summed E-state index contributed by atoms with van der Waals surface area (Å²) in [6.07, 6.45) is 2.83. The number of rotatable bonds is 5. The van der Waals surface area contributed by atoms with Crippen LogP contribution in [0.1, 0.15) is 19.0 Å². The number of aryl methyl sites for hydroxylation is 1. The Morgan fingerprint density at radius 3 is 2.53 bits per heavy atom. The molecule has 0 aliphatic heterocycles. The Morgan fingerprint density at radius 1 is 1.21 bits per heavy atom. The van der Waals surface area contributed by atoms with Crippen LogP contribution < -0.4 is 5.32 Å². The van der Waals surface area contributed by atoms with E-state index in [1.54, 1.807) is 18.3 Å². The van der Waals surface area contributed by atoms with Crippen molar-refractivity contribution >= 4 is 40.5 Å². The lowest BCUT2D eigenvalue weighted by molar-refractivity contribution is 0.578. The zero-order chi connectivity index (χ0) is 13.8. The predicted octanol–water partition coefficient (Wildman–Crippen LogP) is 4.87. The molecule has 2 aromatic rings. The van der Waals surface area contributed by atoms with Crippen LogP contribution in [0.5, 0.6) is 0 Å². The van der Waals surface area contributed by atoms with Gasteiger partial charge < -0.3 is 5.32 Å². The number of benzene rings is 1. The number of hydrogen-bond acceptors (Lipinski definition) is 2. The molecule has 0 radical (unpaired) electrons. The monoisotopic (exact) mass is 317 g/mol. The first-order valence-electron chi connectivity index (χ1n) is 6.01. The molecule has 0 saturated carbocycles. The zero-order valence-electron chi connectivity index (χ0n) is 10.5. The summed E-state index contributed by atoms with van der Waals surface area (Å²) in [7, 11) is 0. The molecule has 19 heavy (non-hydrogen) atoms. The van der Waals surface area contributed by atoms with Gasteiger partial charge in [0.15, 0.2) is 0 Å². The van der Waals surface area contributed by atoms with Crippen LogP contribution >= 0.6 is 34.8 Å². The van der Waals surface area contributed by atoms with Crippen LogP contribution in [-0.2, 0) is 13.1 Å². The maximum atomic E-state index is 6.12. The highest BCUT2D eigenvalue weighted by Crippen LogP contribution is 2.33. The highest BCUT2D eigenvalue weighted by molar-refractivity contribution is 6.41. The van der Waals surface area contributed by atoms with Gasteiger partial charge >= 0.3 is 0 Å². The van der Waals surface area contributed by atoms with Gasteiger partial charge in [-0.25, -0.2) is 0 Å². The highest BCUT2D eigenvalue weighted by atomic mass is 35.5. The molecule has 1 aromatic heterocycles. The predicted molar refractivity (Wildman–Crippen MR) is 81.3 cm³/mol. The molecule has 1 N–H and O–H groups in total. The number of hydrogen-bond donors (Lipinski definition) is 1. The van der Waals surface area contributed by atoms with Crippen LogP contribution in [0.15, 0.2) is 24.4 Å². The Bertz CT molecular complexity index is 543. The molecular weight excluding hydrogens is 305 g/mol. The fourth-order valence-corrected chi connectivity index (χ4v) is 2.76. The minimum atomic E-state index is 0.513. The zero-order valence-corrected chi connectivity index (χ0v) is 12.7. The summed E-state index contributed by atoms with van der Waals surface area (Å²) in [6.45, 7) is 3.62. The fourth-order valence-electron chi connectivity index (χ4n) is 1.81. The molecule has 102 valence electrons. The van der Waals surface area contributed by atoms with E-state index in [4.69, 9.17) is 34.8 Å². The van der Waals surface area contributed by atoms with Crippen molar-refractivity contribution < 1.29 is 0 Å². The Labute approximate surface area is 127 Å². The lowest BCUT2D eigenvalue weighted by Gasteiger charge is -2.12. The molecular formula is C13H14Cl3N3. The second-order valence-corrected chi connectivity index (χ2v) is 5.39. The smallest absolute Gasteiger partial charge is 0.0723 e. The molecule has 0 aliphatic carbocycles. The molecule has 0 bridgehead atoms. The average Bonchev–Trinajstić information content (AvgIpc) is 2.76. The third-order valence-electron chi connectivity index (χ3n) is 2.69. The minimum Gasteiger partial charge on any atom is -0.377 e. The molecule has 1 aromatic carbocycles. The van der Waals surface area contributed by atoms with Crippen molar-refractivity contribution in [3.8, 4) is 0 Å². The van der Waals surface area contributed by atoms with E-state index in [9.17, 15) is 0 Å². The summed E-state index contributed by atoms with van der Waals surface area (Å²) in [6, 6.07) is 5.31. The van der Waals surface area contributed by atoms with Crippen LogP contribution in [0, 0.1) is 0 Å². The molecule has 6 heteroatoms. The standard InChI is InChI=1S/C13H14Cl3N3/c1-2-5-19-10(3-4-18-19)8-17-13-11(15)6-9(14)7-12(13)16/h3-4,6-7,17H,2,5,8H2,1H3. The number of aromatic nitrogens is 2. The van der Waals surface area contributed by atoms with Gasteiger partial charge in [0.25, 0.3) is 0 Å². The molecule has 0 fully saturated rings. The molecule has 2 rings (SSSR count). The van der Waals surface area contributed by atoms with Gasteiger partial charge in [-0.1, -0.05) is 41.7 Å². The average molecular weight is 319 g/mol. The lowest BCUT2D eigenvalue weighted by Crippen LogP contribution is -2.09. The first-order chi connectivity index (χ1) is 9.11. The van der Waals surface area contributed by atoms with Crippen LogP contribution in [0.3, 0.4) is 0 Å². The van der Waals surface area contributed by atoms with Crippen molar-refractivity contribution in [3.05, 3.63) is 45.2 Å². The van der Waals surface area contributed by atoms with Crippen molar-refractivity contribution in [2.75, 3.05) is 5.32 Å². The van der Waals surface area contributed by atoms with E-state index < -0.39 is 0 Å². The van der Waals surface area contributed by atoms with Gasteiger partial charge in [0.2, 0.25) is 0 Å². The summed E-state index contributed by atoms with van der Waals surface area (Å²) < 4.78 is 1.96. The van der Waals surface area contributed by atoms with Crippen LogP contribution in [0.25, 0.3) is 0 Å². The summed E-state index contributed by atoms with van der Waals surface area (Å²) >= 11 is 18.1. The number of nitrogens with zero attached hydrogens (tertiary/aromatic N) is 2.